The average Bonchev–Trinajstić information content (AvgIpc) is 3.25. The third kappa shape index (κ3) is 3.73. The fourth-order valence-corrected chi connectivity index (χ4v) is 3.54. The summed E-state index contributed by atoms with van der Waals surface area (Å²) in [5.41, 5.74) is 1.58. The van der Waals surface area contributed by atoms with Crippen molar-refractivity contribution in [1.82, 2.24) is 10.5 Å². The lowest BCUT2D eigenvalue weighted by molar-refractivity contribution is -0.117. The molecule has 1 saturated heterocycles. The van der Waals surface area contributed by atoms with Crippen LogP contribution in [0.2, 0.25) is 5.02 Å². The van der Waals surface area contributed by atoms with Crippen LogP contribution in [0.4, 0.5) is 10.1 Å². The quantitative estimate of drug-likeness (QED) is 0.702. The number of nitrogens with one attached hydrogen (secondary N) is 1. The number of carbonyl (C=O) groups is 2. The van der Waals surface area contributed by atoms with Crippen LogP contribution in [-0.4, -0.2) is 29.6 Å². The van der Waals surface area contributed by atoms with Crippen molar-refractivity contribution in [1.29, 1.82) is 0 Å². The number of aryl methyl sites for hydroxylation is 1. The zero-order valence-electron chi connectivity index (χ0n) is 15.5. The van der Waals surface area contributed by atoms with Crippen molar-refractivity contribution in [2.24, 2.45) is 0 Å². The minimum Gasteiger partial charge on any atom is -0.360 e. The number of para-hydroxylation sites is 1. The fourth-order valence-electron chi connectivity index (χ4n) is 3.41. The Bertz CT molecular complexity index is 1080. The summed E-state index contributed by atoms with van der Waals surface area (Å²) in [6, 6.07) is 12.5. The third-order valence-corrected chi connectivity index (χ3v) is 5.06. The molecule has 0 aliphatic carbocycles. The lowest BCUT2D eigenvalue weighted by Gasteiger charge is -2.17. The smallest absolute Gasteiger partial charge is 0.257 e. The molecule has 1 unspecified atom stereocenters. The predicted octanol–water partition coefficient (Wildman–Crippen LogP) is 3.98. The lowest BCUT2D eigenvalue weighted by atomic mass is 10.1. The standard InChI is InChI=1S/C21H17ClFN3O3/c1-12-19(20(25-29-12)13-6-8-14(22)9-7-13)21(28)24-15-10-18(27)26(11-15)17-5-3-2-4-16(17)23/h2-9,15H,10-11H2,1H3,(H,24,28). The Balaban J connectivity index is 1.54. The summed E-state index contributed by atoms with van der Waals surface area (Å²) in [5, 5.41) is 7.41. The van der Waals surface area contributed by atoms with Crippen LogP contribution < -0.4 is 10.2 Å². The maximum Gasteiger partial charge on any atom is 0.257 e. The summed E-state index contributed by atoms with van der Waals surface area (Å²) in [6.45, 7) is 1.83. The van der Waals surface area contributed by atoms with E-state index in [2.05, 4.69) is 10.5 Å². The largest absolute Gasteiger partial charge is 0.360 e. The van der Waals surface area contributed by atoms with E-state index in [-0.39, 0.29) is 24.6 Å². The summed E-state index contributed by atoms with van der Waals surface area (Å²) >= 11 is 5.92. The second-order valence-electron chi connectivity index (χ2n) is 6.80. The van der Waals surface area contributed by atoms with Gasteiger partial charge in [-0.2, -0.15) is 0 Å². The molecule has 2 heterocycles. The van der Waals surface area contributed by atoms with E-state index in [1.54, 1.807) is 49.4 Å². The number of carbonyl (C=O) groups excluding carboxylic acids is 2. The molecule has 6 nitrogen and oxygen atoms in total. The van der Waals surface area contributed by atoms with Crippen molar-refractivity contribution in [3.05, 3.63) is 70.7 Å². The van der Waals surface area contributed by atoms with E-state index in [4.69, 9.17) is 16.1 Å². The normalized spacial score (nSPS) is 16.3. The van der Waals surface area contributed by atoms with E-state index in [9.17, 15) is 14.0 Å². The van der Waals surface area contributed by atoms with Crippen LogP contribution in [0.1, 0.15) is 22.5 Å². The first-order valence-corrected chi connectivity index (χ1v) is 9.40. The van der Waals surface area contributed by atoms with Gasteiger partial charge in [0.15, 0.2) is 0 Å². The molecule has 29 heavy (non-hydrogen) atoms. The molecule has 1 N–H and O–H groups in total. The number of nitrogens with zero attached hydrogens (tertiary/aromatic N) is 2. The molecule has 0 bridgehead atoms. The van der Waals surface area contributed by atoms with Gasteiger partial charge in [0, 0.05) is 23.6 Å². The Kier molecular flexibility index (Phi) is 5.07. The molecule has 1 fully saturated rings. The van der Waals surface area contributed by atoms with E-state index in [1.807, 2.05) is 0 Å². The molecule has 0 saturated carbocycles. The highest BCUT2D eigenvalue weighted by Gasteiger charge is 2.34. The summed E-state index contributed by atoms with van der Waals surface area (Å²) in [4.78, 5) is 26.6. The second kappa shape index (κ2) is 7.67. The number of benzene rings is 2. The van der Waals surface area contributed by atoms with Crippen LogP contribution >= 0.6 is 11.6 Å². The number of halogens is 2. The van der Waals surface area contributed by atoms with Gasteiger partial charge >= 0.3 is 0 Å². The molecule has 2 amide bonds. The fraction of sp³-hybridized carbons (Fsp3) is 0.190. The number of hydrogen-bond donors (Lipinski definition) is 1. The van der Waals surface area contributed by atoms with E-state index < -0.39 is 17.8 Å². The third-order valence-electron chi connectivity index (χ3n) is 4.81. The zero-order valence-corrected chi connectivity index (χ0v) is 16.2. The minimum absolute atomic E-state index is 0.0840. The Hall–Kier alpha value is -3.19. The maximum atomic E-state index is 14.0. The van der Waals surface area contributed by atoms with E-state index in [0.29, 0.717) is 27.6 Å². The number of rotatable bonds is 4. The Morgan fingerprint density at radius 1 is 1.24 bits per heavy atom. The SMILES string of the molecule is Cc1onc(-c2ccc(Cl)cc2)c1C(=O)NC1CC(=O)N(c2ccccc2F)C1. The van der Waals surface area contributed by atoms with Crippen molar-refractivity contribution in [2.45, 2.75) is 19.4 Å². The highest BCUT2D eigenvalue weighted by atomic mass is 35.5. The minimum atomic E-state index is -0.479. The van der Waals surface area contributed by atoms with Crippen molar-refractivity contribution in [2.75, 3.05) is 11.4 Å². The van der Waals surface area contributed by atoms with Gasteiger partial charge in [0.1, 0.15) is 22.8 Å². The van der Waals surface area contributed by atoms with Crippen LogP contribution in [0.3, 0.4) is 0 Å². The molecule has 3 aromatic rings. The van der Waals surface area contributed by atoms with Gasteiger partial charge in [0.05, 0.1) is 11.7 Å². The average molecular weight is 414 g/mol. The van der Waals surface area contributed by atoms with Crippen molar-refractivity contribution >= 4 is 29.1 Å². The molecule has 1 aliphatic rings. The highest BCUT2D eigenvalue weighted by Crippen LogP contribution is 2.28. The van der Waals surface area contributed by atoms with Gasteiger partial charge in [-0.3, -0.25) is 9.59 Å². The van der Waals surface area contributed by atoms with Crippen molar-refractivity contribution in [3.63, 3.8) is 0 Å². The summed E-state index contributed by atoms with van der Waals surface area (Å²) in [6.07, 6.45) is 0.0840. The number of amides is 2. The van der Waals surface area contributed by atoms with Gasteiger partial charge in [0.25, 0.3) is 5.91 Å². The van der Waals surface area contributed by atoms with Crippen LogP contribution in [0, 0.1) is 12.7 Å². The summed E-state index contributed by atoms with van der Waals surface area (Å²) in [5.74, 6) is -0.766. The molecule has 1 aliphatic heterocycles. The maximum absolute atomic E-state index is 14.0. The molecule has 1 aromatic heterocycles. The van der Waals surface area contributed by atoms with Gasteiger partial charge in [-0.25, -0.2) is 4.39 Å². The molecule has 1 atom stereocenters. The number of aromatic nitrogens is 1. The molecule has 2 aromatic carbocycles. The number of hydrogen-bond acceptors (Lipinski definition) is 4. The highest BCUT2D eigenvalue weighted by molar-refractivity contribution is 6.30. The molecule has 8 heteroatoms. The summed E-state index contributed by atoms with van der Waals surface area (Å²) in [7, 11) is 0. The molecule has 0 spiro atoms. The van der Waals surface area contributed by atoms with Crippen molar-refractivity contribution in [3.8, 4) is 11.3 Å². The van der Waals surface area contributed by atoms with Crippen LogP contribution in [0.15, 0.2) is 53.1 Å². The van der Waals surface area contributed by atoms with Crippen molar-refractivity contribution < 1.29 is 18.5 Å². The first-order chi connectivity index (χ1) is 13.9. The molecular formula is C21H17ClFN3O3. The topological polar surface area (TPSA) is 75.4 Å². The zero-order chi connectivity index (χ0) is 20.5. The molecular weight excluding hydrogens is 397 g/mol. The van der Waals surface area contributed by atoms with Gasteiger partial charge in [-0.05, 0) is 31.2 Å². The Morgan fingerprint density at radius 2 is 1.97 bits per heavy atom. The van der Waals surface area contributed by atoms with Gasteiger partial charge in [-0.15, -0.1) is 0 Å². The number of anilines is 1. The molecule has 148 valence electrons. The van der Waals surface area contributed by atoms with E-state index in [0.717, 1.165) is 0 Å². The van der Waals surface area contributed by atoms with Crippen LogP contribution in [-0.2, 0) is 4.79 Å². The second-order valence-corrected chi connectivity index (χ2v) is 7.24. The van der Waals surface area contributed by atoms with Crippen LogP contribution in [0.25, 0.3) is 11.3 Å². The molecule has 0 radical (unpaired) electrons. The first kappa shape index (κ1) is 19.1. The van der Waals surface area contributed by atoms with Gasteiger partial charge < -0.3 is 14.7 Å². The van der Waals surface area contributed by atoms with Crippen LogP contribution in [0.5, 0.6) is 0 Å². The predicted molar refractivity (Wildman–Crippen MR) is 106 cm³/mol. The van der Waals surface area contributed by atoms with E-state index >= 15 is 0 Å². The molecule has 4 rings (SSSR count). The Labute approximate surface area is 171 Å². The monoisotopic (exact) mass is 413 g/mol. The lowest BCUT2D eigenvalue weighted by Crippen LogP contribution is -2.37. The first-order valence-electron chi connectivity index (χ1n) is 9.02. The van der Waals surface area contributed by atoms with E-state index in [1.165, 1.54) is 11.0 Å². The van der Waals surface area contributed by atoms with Gasteiger partial charge in [-0.1, -0.05) is 41.0 Å². The Morgan fingerprint density at radius 3 is 2.69 bits per heavy atom. The summed E-state index contributed by atoms with van der Waals surface area (Å²) < 4.78 is 19.3. The van der Waals surface area contributed by atoms with Gasteiger partial charge in [0.2, 0.25) is 5.91 Å².